The van der Waals surface area contributed by atoms with Crippen molar-refractivity contribution < 1.29 is 42.7 Å². The summed E-state index contributed by atoms with van der Waals surface area (Å²) in [6.45, 7) is 3.49. The number of unbranched alkanes of at least 4 members (excludes halogenated alkanes) is 13. The van der Waals surface area contributed by atoms with Gasteiger partial charge < -0.3 is 25.2 Å². The van der Waals surface area contributed by atoms with Crippen LogP contribution < -0.4 is 5.73 Å². The zero-order valence-electron chi connectivity index (χ0n) is 32.4. The number of hydrogen-bond acceptors (Lipinski definition) is 9. The number of phosphoric ester groups is 1. The van der Waals surface area contributed by atoms with Crippen LogP contribution in [0.25, 0.3) is 0 Å². The highest BCUT2D eigenvalue weighted by Crippen LogP contribution is 2.43. The number of nitrogens with two attached hydrogens (primary N) is 1. The first kappa shape index (κ1) is 49.7. The number of allylic oxidation sites excluding steroid dienone is 8. The molecule has 0 heterocycles. The number of esters is 2. The van der Waals surface area contributed by atoms with Crippen LogP contribution in [0, 0.1) is 0 Å². The van der Waals surface area contributed by atoms with Gasteiger partial charge in [-0.05, 0) is 70.6 Å². The van der Waals surface area contributed by atoms with Gasteiger partial charge in [0.15, 0.2) is 6.10 Å². The van der Waals surface area contributed by atoms with Crippen LogP contribution >= 0.6 is 7.82 Å². The van der Waals surface area contributed by atoms with Crippen molar-refractivity contribution in [1.82, 2.24) is 0 Å². The minimum atomic E-state index is -4.41. The molecule has 52 heavy (non-hydrogen) atoms. The molecule has 0 saturated heterocycles. The van der Waals surface area contributed by atoms with E-state index in [9.17, 15) is 24.2 Å². The number of phosphoric acid groups is 1. The maximum Gasteiger partial charge on any atom is 0.472 e. The molecule has 0 spiro atoms. The number of aliphatic hydroxyl groups is 1. The molecule has 3 unspecified atom stereocenters. The minimum absolute atomic E-state index is 0.0312. The van der Waals surface area contributed by atoms with E-state index >= 15 is 0 Å². The lowest BCUT2D eigenvalue weighted by atomic mass is 10.1. The molecule has 4 N–H and O–H groups in total. The molecule has 0 aromatic heterocycles. The van der Waals surface area contributed by atoms with Crippen molar-refractivity contribution in [2.75, 3.05) is 26.4 Å². The number of rotatable bonds is 36. The molecule has 0 amide bonds. The fraction of sp³-hybridized carbons (Fsp3) is 0.707. The normalized spacial score (nSPS) is 14.6. The van der Waals surface area contributed by atoms with E-state index in [2.05, 4.69) is 32.1 Å². The summed E-state index contributed by atoms with van der Waals surface area (Å²) in [6, 6.07) is 0. The van der Waals surface area contributed by atoms with E-state index < -0.39 is 38.6 Å². The van der Waals surface area contributed by atoms with Crippen LogP contribution in [0.5, 0.6) is 0 Å². The Labute approximate surface area is 315 Å². The zero-order valence-corrected chi connectivity index (χ0v) is 33.3. The Hall–Kier alpha value is -2.33. The van der Waals surface area contributed by atoms with Crippen LogP contribution in [0.15, 0.2) is 60.8 Å². The van der Waals surface area contributed by atoms with Crippen LogP contribution in [0.4, 0.5) is 0 Å². The number of carbonyl (C=O) groups is 2. The second-order valence-electron chi connectivity index (χ2n) is 13.0. The Balaban J connectivity index is 4.41. The summed E-state index contributed by atoms with van der Waals surface area (Å²) in [7, 11) is -4.41. The highest BCUT2D eigenvalue weighted by Gasteiger charge is 2.25. The van der Waals surface area contributed by atoms with Gasteiger partial charge in [0.2, 0.25) is 0 Å². The molecule has 0 saturated carbocycles. The lowest BCUT2D eigenvalue weighted by Crippen LogP contribution is -2.29. The second-order valence-corrected chi connectivity index (χ2v) is 14.4. The lowest BCUT2D eigenvalue weighted by molar-refractivity contribution is -0.161. The molecule has 0 aromatic carbocycles. The SMILES string of the molecule is CCCCCC=CCC(O)C=CC=CCC=CCCCC(=O)OC(COC(=O)CCCCCCCC=CCCCCCC)COP(=O)(O)OCCN. The minimum Gasteiger partial charge on any atom is -0.462 e. The maximum atomic E-state index is 12.5. The number of aliphatic hydroxyl groups excluding tert-OH is 1. The van der Waals surface area contributed by atoms with Gasteiger partial charge in [0.1, 0.15) is 6.61 Å². The van der Waals surface area contributed by atoms with Crippen molar-refractivity contribution in [2.24, 2.45) is 5.73 Å². The quantitative estimate of drug-likeness (QED) is 0.0185. The largest absolute Gasteiger partial charge is 0.472 e. The van der Waals surface area contributed by atoms with Crippen LogP contribution in [0.3, 0.4) is 0 Å². The summed E-state index contributed by atoms with van der Waals surface area (Å²) in [4.78, 5) is 34.7. The van der Waals surface area contributed by atoms with Crippen molar-refractivity contribution >= 4 is 19.8 Å². The average molecular weight is 754 g/mol. The predicted molar refractivity (Wildman–Crippen MR) is 212 cm³/mol. The predicted octanol–water partition coefficient (Wildman–Crippen LogP) is 9.91. The highest BCUT2D eigenvalue weighted by atomic mass is 31.2. The van der Waals surface area contributed by atoms with Crippen LogP contribution in [0.2, 0.25) is 0 Å². The van der Waals surface area contributed by atoms with Crippen LogP contribution in [-0.4, -0.2) is 60.5 Å². The maximum absolute atomic E-state index is 12.5. The molecule has 0 aliphatic carbocycles. The molecule has 0 aliphatic rings. The van der Waals surface area contributed by atoms with Gasteiger partial charge in [-0.1, -0.05) is 126 Å². The standard InChI is InChI=1S/C41H72NO9P/c1-3-5-7-9-11-12-13-14-15-16-20-24-28-32-40(44)48-36-39(37-50-52(46,47)49-35-34-42)51-41(45)33-29-25-21-18-17-19-23-27-31-38(43)30-26-22-10-8-6-4-2/h12-13,18-19,21-23,26-27,31,38-39,43H,3-11,14-17,20,24-25,28-30,32-37,42H2,1-2H3,(H,46,47). The Morgan fingerprint density at radius 1 is 0.673 bits per heavy atom. The summed E-state index contributed by atoms with van der Waals surface area (Å²) in [6.07, 6.45) is 38.5. The van der Waals surface area contributed by atoms with Gasteiger partial charge in [0, 0.05) is 19.4 Å². The summed E-state index contributed by atoms with van der Waals surface area (Å²) >= 11 is 0. The van der Waals surface area contributed by atoms with Crippen molar-refractivity contribution in [3.63, 3.8) is 0 Å². The number of hydrogen-bond donors (Lipinski definition) is 3. The van der Waals surface area contributed by atoms with E-state index in [0.717, 1.165) is 51.4 Å². The van der Waals surface area contributed by atoms with Crippen molar-refractivity contribution in [1.29, 1.82) is 0 Å². The van der Waals surface area contributed by atoms with E-state index in [4.69, 9.17) is 24.3 Å². The Morgan fingerprint density at radius 3 is 1.96 bits per heavy atom. The zero-order chi connectivity index (χ0) is 38.4. The molecular weight excluding hydrogens is 681 g/mol. The molecule has 0 aromatic rings. The number of carbonyl (C=O) groups excluding carboxylic acids is 2. The smallest absolute Gasteiger partial charge is 0.462 e. The highest BCUT2D eigenvalue weighted by molar-refractivity contribution is 7.47. The first-order valence-corrected chi connectivity index (χ1v) is 21.4. The molecule has 3 atom stereocenters. The van der Waals surface area contributed by atoms with Crippen LogP contribution in [0.1, 0.15) is 149 Å². The van der Waals surface area contributed by atoms with Gasteiger partial charge in [0.25, 0.3) is 0 Å². The van der Waals surface area contributed by atoms with Gasteiger partial charge in [-0.3, -0.25) is 18.6 Å². The lowest BCUT2D eigenvalue weighted by Gasteiger charge is -2.19. The van der Waals surface area contributed by atoms with Crippen molar-refractivity contribution in [3.05, 3.63) is 60.8 Å². The van der Waals surface area contributed by atoms with Crippen molar-refractivity contribution in [3.8, 4) is 0 Å². The Bertz CT molecular complexity index is 1060. The van der Waals surface area contributed by atoms with E-state index in [-0.39, 0.29) is 32.6 Å². The van der Waals surface area contributed by atoms with Gasteiger partial charge in [-0.15, -0.1) is 0 Å². The molecule has 0 radical (unpaired) electrons. The van der Waals surface area contributed by atoms with E-state index in [1.54, 1.807) is 6.08 Å². The summed E-state index contributed by atoms with van der Waals surface area (Å²) in [5.74, 6) is -0.950. The Morgan fingerprint density at radius 2 is 1.25 bits per heavy atom. The molecule has 0 aliphatic heterocycles. The van der Waals surface area contributed by atoms with Gasteiger partial charge in [-0.2, -0.15) is 0 Å². The van der Waals surface area contributed by atoms with Gasteiger partial charge in [0.05, 0.1) is 19.3 Å². The number of ether oxygens (including phenoxy) is 2. The summed E-state index contributed by atoms with van der Waals surface area (Å²) in [5.41, 5.74) is 5.32. The van der Waals surface area contributed by atoms with Crippen LogP contribution in [-0.2, 0) is 32.7 Å². The third kappa shape index (κ3) is 36.0. The monoisotopic (exact) mass is 753 g/mol. The fourth-order valence-electron chi connectivity index (χ4n) is 4.94. The molecule has 300 valence electrons. The van der Waals surface area contributed by atoms with E-state index in [1.165, 1.54) is 44.9 Å². The molecule has 0 fully saturated rings. The molecule has 0 bridgehead atoms. The summed E-state index contributed by atoms with van der Waals surface area (Å²) in [5, 5.41) is 10.0. The third-order valence-corrected chi connectivity index (χ3v) is 8.94. The average Bonchev–Trinajstić information content (AvgIpc) is 3.12. The third-order valence-electron chi connectivity index (χ3n) is 7.96. The van der Waals surface area contributed by atoms with Gasteiger partial charge >= 0.3 is 19.8 Å². The van der Waals surface area contributed by atoms with Gasteiger partial charge in [-0.25, -0.2) is 4.57 Å². The first-order chi connectivity index (χ1) is 25.2. The molecule has 10 nitrogen and oxygen atoms in total. The second kappa shape index (κ2) is 37.0. The van der Waals surface area contributed by atoms with Crippen molar-refractivity contribution in [2.45, 2.75) is 161 Å². The topological polar surface area (TPSA) is 155 Å². The van der Waals surface area contributed by atoms with E-state index in [1.807, 2.05) is 36.5 Å². The summed E-state index contributed by atoms with van der Waals surface area (Å²) < 4.78 is 32.6. The molecular formula is C41H72NO9P. The van der Waals surface area contributed by atoms with E-state index in [0.29, 0.717) is 25.7 Å². The first-order valence-electron chi connectivity index (χ1n) is 19.9. The molecule has 0 rings (SSSR count). The Kier molecular flexibility index (Phi) is 35.3. The fourth-order valence-corrected chi connectivity index (χ4v) is 5.70. The molecule has 11 heteroatoms.